The fourth-order valence-corrected chi connectivity index (χ4v) is 2.71. The van der Waals surface area contributed by atoms with Crippen molar-refractivity contribution in [2.75, 3.05) is 19.8 Å². The number of carbonyl (C=O) groups excluding carboxylic acids is 1. The molecule has 0 N–H and O–H groups in total. The summed E-state index contributed by atoms with van der Waals surface area (Å²) >= 11 is 0. The predicted octanol–water partition coefficient (Wildman–Crippen LogP) is 2.17. The largest absolute Gasteiger partial charge is 0.371 e. The maximum absolute atomic E-state index is 12.3. The Balaban J connectivity index is 1.88. The summed E-state index contributed by atoms with van der Waals surface area (Å²) in [5.41, 5.74) is 1.15. The van der Waals surface area contributed by atoms with Crippen molar-refractivity contribution in [1.29, 1.82) is 0 Å². The van der Waals surface area contributed by atoms with Crippen LogP contribution in [0.1, 0.15) is 31.2 Å². The molecule has 0 aliphatic carbocycles. The Morgan fingerprint density at radius 2 is 2.43 bits per heavy atom. The van der Waals surface area contributed by atoms with Crippen molar-refractivity contribution in [1.82, 2.24) is 14.7 Å². The average Bonchev–Trinajstić information content (AvgIpc) is 2.89. The van der Waals surface area contributed by atoms with Crippen LogP contribution in [0.15, 0.2) is 25.0 Å². The van der Waals surface area contributed by atoms with E-state index in [1.165, 1.54) is 6.42 Å². The number of aryl methyl sites for hydroxylation is 1. The topological polar surface area (TPSA) is 47.4 Å². The molecule has 1 aromatic rings. The lowest BCUT2D eigenvalue weighted by Gasteiger charge is -2.35. The third-order valence-corrected chi connectivity index (χ3v) is 3.80. The highest BCUT2D eigenvalue weighted by molar-refractivity contribution is 5.77. The lowest BCUT2D eigenvalue weighted by atomic mass is 10.0. The van der Waals surface area contributed by atoms with E-state index in [1.807, 2.05) is 28.9 Å². The van der Waals surface area contributed by atoms with Gasteiger partial charge < -0.3 is 9.64 Å². The van der Waals surface area contributed by atoms with E-state index in [0.29, 0.717) is 6.61 Å². The van der Waals surface area contributed by atoms with Crippen molar-refractivity contribution in [3.8, 4) is 0 Å². The average molecular weight is 291 g/mol. The van der Waals surface area contributed by atoms with Crippen LogP contribution >= 0.6 is 0 Å². The first-order chi connectivity index (χ1) is 10.2. The number of likely N-dealkylation sites (tertiary alicyclic amines) is 1. The molecule has 0 aromatic carbocycles. The Hall–Kier alpha value is -1.62. The number of hydrogen-bond donors (Lipinski definition) is 0. The first-order valence-corrected chi connectivity index (χ1v) is 7.68. The van der Waals surface area contributed by atoms with E-state index in [2.05, 4.69) is 11.7 Å². The van der Waals surface area contributed by atoms with Crippen LogP contribution in [0.5, 0.6) is 0 Å². The lowest BCUT2D eigenvalue weighted by molar-refractivity contribution is -0.140. The monoisotopic (exact) mass is 291 g/mol. The number of nitrogens with zero attached hydrogens (tertiary/aromatic N) is 3. The molecule has 1 aromatic heterocycles. The van der Waals surface area contributed by atoms with E-state index in [1.54, 1.807) is 6.08 Å². The van der Waals surface area contributed by atoms with Gasteiger partial charge in [0.2, 0.25) is 5.91 Å². The molecule has 1 atom stereocenters. The van der Waals surface area contributed by atoms with Gasteiger partial charge in [-0.2, -0.15) is 5.10 Å². The van der Waals surface area contributed by atoms with Crippen molar-refractivity contribution in [3.63, 3.8) is 0 Å². The molecule has 5 nitrogen and oxygen atoms in total. The molecule has 2 heterocycles. The van der Waals surface area contributed by atoms with E-state index in [4.69, 9.17) is 4.74 Å². The zero-order chi connectivity index (χ0) is 15.1. The first-order valence-electron chi connectivity index (χ1n) is 7.68. The maximum atomic E-state index is 12.3. The van der Waals surface area contributed by atoms with Crippen LogP contribution in [0.4, 0.5) is 0 Å². The highest BCUT2D eigenvalue weighted by atomic mass is 16.5. The normalized spacial score (nSPS) is 18.7. The quantitative estimate of drug-likeness (QED) is 0.571. The smallest absolute Gasteiger partial charge is 0.248 e. The zero-order valence-corrected chi connectivity index (χ0v) is 12.8. The second-order valence-electron chi connectivity index (χ2n) is 5.61. The molecule has 1 fully saturated rings. The van der Waals surface area contributed by atoms with Crippen LogP contribution in [0.25, 0.3) is 0 Å². The van der Waals surface area contributed by atoms with Crippen LogP contribution in [0.2, 0.25) is 0 Å². The lowest BCUT2D eigenvalue weighted by Crippen LogP contribution is -2.47. The van der Waals surface area contributed by atoms with Crippen molar-refractivity contribution in [2.45, 2.75) is 45.2 Å². The summed E-state index contributed by atoms with van der Waals surface area (Å²) in [5, 5.41) is 4.33. The van der Waals surface area contributed by atoms with E-state index in [-0.39, 0.29) is 18.6 Å². The van der Waals surface area contributed by atoms with Gasteiger partial charge in [-0.15, -0.1) is 6.58 Å². The number of carbonyl (C=O) groups is 1. The van der Waals surface area contributed by atoms with E-state index in [0.717, 1.165) is 37.9 Å². The Morgan fingerprint density at radius 3 is 3.14 bits per heavy atom. The third-order valence-electron chi connectivity index (χ3n) is 3.80. The zero-order valence-electron chi connectivity index (χ0n) is 12.8. The van der Waals surface area contributed by atoms with Gasteiger partial charge in [-0.05, 0) is 38.2 Å². The van der Waals surface area contributed by atoms with Gasteiger partial charge in [0.1, 0.15) is 6.61 Å². The molecular weight excluding hydrogens is 266 g/mol. The number of piperidine rings is 1. The van der Waals surface area contributed by atoms with Crippen LogP contribution in [0, 0.1) is 6.92 Å². The Labute approximate surface area is 126 Å². The third kappa shape index (κ3) is 4.70. The molecule has 1 aliphatic rings. The maximum Gasteiger partial charge on any atom is 0.248 e. The minimum Gasteiger partial charge on any atom is -0.371 e. The molecule has 5 heteroatoms. The van der Waals surface area contributed by atoms with Crippen molar-refractivity contribution in [3.05, 3.63) is 30.6 Å². The predicted molar refractivity (Wildman–Crippen MR) is 81.9 cm³/mol. The van der Waals surface area contributed by atoms with Gasteiger partial charge in [0.25, 0.3) is 0 Å². The number of ether oxygens (including phenoxy) is 1. The molecule has 21 heavy (non-hydrogen) atoms. The van der Waals surface area contributed by atoms with Gasteiger partial charge in [0, 0.05) is 12.7 Å². The van der Waals surface area contributed by atoms with Gasteiger partial charge in [-0.1, -0.05) is 6.08 Å². The van der Waals surface area contributed by atoms with Gasteiger partial charge in [0.05, 0.1) is 25.4 Å². The van der Waals surface area contributed by atoms with E-state index < -0.39 is 0 Å². The molecular formula is C16H25N3O2. The number of hydrogen-bond acceptors (Lipinski definition) is 3. The van der Waals surface area contributed by atoms with Gasteiger partial charge in [-0.3, -0.25) is 9.48 Å². The molecule has 1 unspecified atom stereocenters. The highest BCUT2D eigenvalue weighted by Gasteiger charge is 2.27. The number of aromatic nitrogens is 2. The molecule has 0 radical (unpaired) electrons. The van der Waals surface area contributed by atoms with Crippen molar-refractivity contribution >= 4 is 5.91 Å². The molecule has 0 saturated carbocycles. The second kappa shape index (κ2) is 7.98. The Morgan fingerprint density at radius 1 is 1.57 bits per heavy atom. The fraction of sp³-hybridized carbons (Fsp3) is 0.625. The van der Waals surface area contributed by atoms with Gasteiger partial charge >= 0.3 is 0 Å². The molecule has 1 amide bonds. The number of amides is 1. The summed E-state index contributed by atoms with van der Waals surface area (Å²) in [7, 11) is 0. The molecule has 0 bridgehead atoms. The summed E-state index contributed by atoms with van der Waals surface area (Å²) in [6, 6.07) is 0.230. The van der Waals surface area contributed by atoms with Crippen LogP contribution < -0.4 is 0 Å². The fourth-order valence-electron chi connectivity index (χ4n) is 2.71. The van der Waals surface area contributed by atoms with E-state index in [9.17, 15) is 4.79 Å². The molecule has 2 rings (SSSR count). The summed E-state index contributed by atoms with van der Waals surface area (Å²) in [6.07, 6.45) is 9.75. The number of rotatable bonds is 7. The van der Waals surface area contributed by atoms with Crippen molar-refractivity contribution < 1.29 is 9.53 Å². The molecule has 1 aliphatic heterocycles. The molecule has 1 saturated heterocycles. The first kappa shape index (κ1) is 15.8. The molecule has 0 spiro atoms. The van der Waals surface area contributed by atoms with Gasteiger partial charge in [-0.25, -0.2) is 0 Å². The summed E-state index contributed by atoms with van der Waals surface area (Å²) < 4.78 is 7.34. The SMILES string of the molecule is C=CCCOCC(=O)N1CCCCC1Cn1cc(C)cn1. The minimum atomic E-state index is 0.0904. The summed E-state index contributed by atoms with van der Waals surface area (Å²) in [6.45, 7) is 8.00. The van der Waals surface area contributed by atoms with Gasteiger partial charge in [0.15, 0.2) is 0 Å². The second-order valence-corrected chi connectivity index (χ2v) is 5.61. The highest BCUT2D eigenvalue weighted by Crippen LogP contribution is 2.19. The Kier molecular flexibility index (Phi) is 5.99. The Bertz CT molecular complexity index is 470. The van der Waals surface area contributed by atoms with E-state index >= 15 is 0 Å². The summed E-state index contributed by atoms with van der Waals surface area (Å²) in [4.78, 5) is 14.3. The van der Waals surface area contributed by atoms with Crippen LogP contribution in [-0.2, 0) is 16.1 Å². The summed E-state index contributed by atoms with van der Waals surface area (Å²) in [5.74, 6) is 0.0904. The minimum absolute atomic E-state index is 0.0904. The van der Waals surface area contributed by atoms with Crippen LogP contribution in [-0.4, -0.2) is 46.4 Å². The van der Waals surface area contributed by atoms with Crippen LogP contribution in [0.3, 0.4) is 0 Å². The van der Waals surface area contributed by atoms with Crippen molar-refractivity contribution in [2.24, 2.45) is 0 Å². The standard InChI is InChI=1S/C16H25N3O2/c1-3-4-9-21-13-16(20)19-8-6-5-7-15(19)12-18-11-14(2)10-17-18/h3,10-11,15H,1,4-9,12-13H2,2H3. The molecule has 116 valence electrons.